The van der Waals surface area contributed by atoms with E-state index in [1.54, 1.807) is 0 Å². The topological polar surface area (TPSA) is 41.1 Å². The molecule has 2 rings (SSSR count). The van der Waals surface area contributed by atoms with Crippen LogP contribution < -0.4 is 10.6 Å². The molecule has 2 aromatic rings. The number of likely N-dealkylation sites (N-methyl/N-ethyl adjacent to an activating group) is 1. The van der Waals surface area contributed by atoms with Crippen LogP contribution in [0.4, 0.5) is 8.78 Å². The average molecular weight is 318 g/mol. The molecule has 23 heavy (non-hydrogen) atoms. The van der Waals surface area contributed by atoms with E-state index in [9.17, 15) is 13.6 Å². The van der Waals surface area contributed by atoms with Gasteiger partial charge in [-0.25, -0.2) is 8.78 Å². The summed E-state index contributed by atoms with van der Waals surface area (Å²) in [7, 11) is 1.51. The van der Waals surface area contributed by atoms with Crippen LogP contribution in [0.25, 0.3) is 0 Å². The molecular formula is C18H20F2N2O. The molecule has 2 N–H and O–H groups in total. The first-order valence-corrected chi connectivity index (χ1v) is 7.38. The molecule has 3 nitrogen and oxygen atoms in total. The Labute approximate surface area is 134 Å². The van der Waals surface area contributed by atoms with Gasteiger partial charge >= 0.3 is 0 Å². The minimum atomic E-state index is -0.968. The van der Waals surface area contributed by atoms with Gasteiger partial charge in [-0.15, -0.1) is 0 Å². The van der Waals surface area contributed by atoms with Crippen molar-refractivity contribution in [3.8, 4) is 0 Å². The summed E-state index contributed by atoms with van der Waals surface area (Å²) < 4.78 is 26.5. The molecule has 1 atom stereocenters. The molecule has 122 valence electrons. The number of amides is 1. The van der Waals surface area contributed by atoms with Crippen molar-refractivity contribution in [2.45, 2.75) is 26.4 Å². The molecule has 0 aliphatic heterocycles. The van der Waals surface area contributed by atoms with Crippen LogP contribution >= 0.6 is 0 Å². The normalized spacial score (nSPS) is 12.0. The maximum Gasteiger partial charge on any atom is 0.241 e. The van der Waals surface area contributed by atoms with E-state index in [4.69, 9.17) is 0 Å². The zero-order chi connectivity index (χ0) is 17.0. The number of nitrogens with one attached hydrogen (secondary N) is 2. The summed E-state index contributed by atoms with van der Waals surface area (Å²) in [5.41, 5.74) is 3.70. The lowest BCUT2D eigenvalue weighted by molar-refractivity contribution is -0.122. The smallest absolute Gasteiger partial charge is 0.241 e. The van der Waals surface area contributed by atoms with E-state index in [0.29, 0.717) is 12.1 Å². The number of carbonyl (C=O) groups excluding carboxylic acids is 1. The summed E-state index contributed by atoms with van der Waals surface area (Å²) in [4.78, 5) is 12.1. The van der Waals surface area contributed by atoms with E-state index in [0.717, 1.165) is 28.8 Å². The molecule has 5 heteroatoms. The van der Waals surface area contributed by atoms with Gasteiger partial charge in [-0.05, 0) is 42.7 Å². The summed E-state index contributed by atoms with van der Waals surface area (Å²) in [5.74, 6) is -2.20. The van der Waals surface area contributed by atoms with Crippen LogP contribution in [-0.4, -0.2) is 13.0 Å². The van der Waals surface area contributed by atoms with Crippen molar-refractivity contribution in [3.05, 3.63) is 70.3 Å². The summed E-state index contributed by atoms with van der Waals surface area (Å²) in [5, 5.41) is 5.65. The molecule has 0 saturated heterocycles. The molecule has 0 radical (unpaired) electrons. The predicted octanol–water partition coefficient (Wildman–Crippen LogP) is 3.16. The van der Waals surface area contributed by atoms with Crippen molar-refractivity contribution < 1.29 is 13.6 Å². The summed E-state index contributed by atoms with van der Waals surface area (Å²) in [6, 6.07) is 8.77. The van der Waals surface area contributed by atoms with Gasteiger partial charge in [0.1, 0.15) is 6.04 Å². The minimum absolute atomic E-state index is 0.305. The highest BCUT2D eigenvalue weighted by Crippen LogP contribution is 2.18. The lowest BCUT2D eigenvalue weighted by Crippen LogP contribution is -2.35. The van der Waals surface area contributed by atoms with Crippen LogP contribution in [0.1, 0.15) is 28.3 Å². The second-order valence-corrected chi connectivity index (χ2v) is 5.53. The first-order chi connectivity index (χ1) is 10.9. The Balaban J connectivity index is 2.22. The van der Waals surface area contributed by atoms with Gasteiger partial charge in [0.2, 0.25) is 5.91 Å². The Morgan fingerprint density at radius 1 is 1.09 bits per heavy atom. The van der Waals surface area contributed by atoms with Crippen molar-refractivity contribution >= 4 is 5.91 Å². The monoisotopic (exact) mass is 318 g/mol. The Morgan fingerprint density at radius 2 is 1.83 bits per heavy atom. The van der Waals surface area contributed by atoms with E-state index >= 15 is 0 Å². The fourth-order valence-electron chi connectivity index (χ4n) is 2.45. The molecule has 0 aliphatic carbocycles. The van der Waals surface area contributed by atoms with Crippen molar-refractivity contribution in [1.29, 1.82) is 0 Å². The second kappa shape index (κ2) is 7.33. The van der Waals surface area contributed by atoms with Crippen LogP contribution in [0.5, 0.6) is 0 Å². The number of hydrogen-bond donors (Lipinski definition) is 2. The lowest BCUT2D eigenvalue weighted by atomic mass is 10.0. The van der Waals surface area contributed by atoms with E-state index in [-0.39, 0.29) is 5.91 Å². The molecule has 0 aliphatic rings. The number of aryl methyl sites for hydroxylation is 2. The number of hydrogen-bond acceptors (Lipinski definition) is 2. The van der Waals surface area contributed by atoms with Crippen LogP contribution in [0.3, 0.4) is 0 Å². The molecule has 0 unspecified atom stereocenters. The highest BCUT2D eigenvalue weighted by molar-refractivity contribution is 5.82. The van der Waals surface area contributed by atoms with Gasteiger partial charge in [0.05, 0.1) is 0 Å². The third kappa shape index (κ3) is 4.13. The van der Waals surface area contributed by atoms with E-state index < -0.39 is 17.7 Å². The largest absolute Gasteiger partial charge is 0.358 e. The number of carbonyl (C=O) groups is 1. The zero-order valence-electron chi connectivity index (χ0n) is 13.4. The fourth-order valence-corrected chi connectivity index (χ4v) is 2.45. The number of rotatable bonds is 5. The third-order valence-electron chi connectivity index (χ3n) is 3.78. The second-order valence-electron chi connectivity index (χ2n) is 5.53. The quantitative estimate of drug-likeness (QED) is 0.889. The molecule has 2 aromatic carbocycles. The first-order valence-electron chi connectivity index (χ1n) is 7.38. The summed E-state index contributed by atoms with van der Waals surface area (Å²) in [6.45, 7) is 4.46. The van der Waals surface area contributed by atoms with Crippen LogP contribution in [0.15, 0.2) is 36.4 Å². The molecule has 0 bridgehead atoms. The first kappa shape index (κ1) is 17.1. The van der Waals surface area contributed by atoms with Crippen LogP contribution in [-0.2, 0) is 11.3 Å². The summed E-state index contributed by atoms with van der Waals surface area (Å²) >= 11 is 0. The van der Waals surface area contributed by atoms with Gasteiger partial charge in [0.25, 0.3) is 0 Å². The van der Waals surface area contributed by atoms with Gasteiger partial charge in [-0.2, -0.15) is 0 Å². The molecule has 0 fully saturated rings. The number of benzene rings is 2. The molecule has 1 amide bonds. The Morgan fingerprint density at radius 3 is 2.43 bits per heavy atom. The maximum absolute atomic E-state index is 13.4. The van der Waals surface area contributed by atoms with E-state index in [1.807, 2.05) is 26.0 Å². The number of halogens is 2. The van der Waals surface area contributed by atoms with Crippen molar-refractivity contribution in [1.82, 2.24) is 10.6 Å². The maximum atomic E-state index is 13.4. The summed E-state index contributed by atoms with van der Waals surface area (Å²) in [6.07, 6.45) is 0. The van der Waals surface area contributed by atoms with Crippen LogP contribution in [0, 0.1) is 25.5 Å². The third-order valence-corrected chi connectivity index (χ3v) is 3.78. The minimum Gasteiger partial charge on any atom is -0.358 e. The molecule has 0 aromatic heterocycles. The van der Waals surface area contributed by atoms with Crippen molar-refractivity contribution in [2.24, 2.45) is 0 Å². The highest BCUT2D eigenvalue weighted by Gasteiger charge is 2.20. The molecular weight excluding hydrogens is 298 g/mol. The fraction of sp³-hybridized carbons (Fsp3) is 0.278. The Bertz CT molecular complexity index is 716. The van der Waals surface area contributed by atoms with E-state index in [1.165, 1.54) is 13.1 Å². The van der Waals surface area contributed by atoms with Gasteiger partial charge in [0, 0.05) is 13.6 Å². The zero-order valence-corrected chi connectivity index (χ0v) is 13.4. The molecule has 0 heterocycles. The predicted molar refractivity (Wildman–Crippen MR) is 85.9 cm³/mol. The van der Waals surface area contributed by atoms with E-state index in [2.05, 4.69) is 16.7 Å². The molecule has 0 spiro atoms. The Kier molecular flexibility index (Phi) is 5.45. The SMILES string of the molecule is CNC(=O)[C@@H](NCc1ccc(C)cc1C)c1ccc(F)c(F)c1. The standard InChI is InChI=1S/C18H20F2N2O/c1-11-4-5-14(12(2)8-11)10-22-17(18(23)21-3)13-6-7-15(19)16(20)9-13/h4-9,17,22H,10H2,1-3H3,(H,21,23)/t17-/m0/s1. The van der Waals surface area contributed by atoms with Gasteiger partial charge in [-0.3, -0.25) is 10.1 Å². The molecule has 0 saturated carbocycles. The van der Waals surface area contributed by atoms with Crippen LogP contribution in [0.2, 0.25) is 0 Å². The highest BCUT2D eigenvalue weighted by atomic mass is 19.2. The Hall–Kier alpha value is -2.27. The van der Waals surface area contributed by atoms with Crippen molar-refractivity contribution in [2.75, 3.05) is 7.05 Å². The van der Waals surface area contributed by atoms with Gasteiger partial charge in [0.15, 0.2) is 11.6 Å². The van der Waals surface area contributed by atoms with Gasteiger partial charge in [-0.1, -0.05) is 29.8 Å². The van der Waals surface area contributed by atoms with Gasteiger partial charge < -0.3 is 5.32 Å². The lowest BCUT2D eigenvalue weighted by Gasteiger charge is -2.19. The average Bonchev–Trinajstić information content (AvgIpc) is 2.52. The van der Waals surface area contributed by atoms with Crippen molar-refractivity contribution in [3.63, 3.8) is 0 Å².